The zero-order chi connectivity index (χ0) is 14.7. The number of nitrogens with zero attached hydrogens (tertiary/aromatic N) is 4. The molecule has 1 atom stereocenters. The van der Waals surface area contributed by atoms with Gasteiger partial charge in [0.05, 0.1) is 19.3 Å². The molecule has 1 aromatic heterocycles. The van der Waals surface area contributed by atoms with Crippen molar-refractivity contribution in [3.63, 3.8) is 0 Å². The molecule has 1 unspecified atom stereocenters. The summed E-state index contributed by atoms with van der Waals surface area (Å²) in [6.07, 6.45) is 3.92. The van der Waals surface area contributed by atoms with Gasteiger partial charge in [0.25, 0.3) is 5.91 Å². The summed E-state index contributed by atoms with van der Waals surface area (Å²) < 4.78 is 5.62. The average molecular weight is 292 g/mol. The van der Waals surface area contributed by atoms with E-state index in [0.29, 0.717) is 51.6 Å². The Kier molecular flexibility index (Phi) is 4.31. The summed E-state index contributed by atoms with van der Waals surface area (Å²) in [5.74, 6) is 0.634. The van der Waals surface area contributed by atoms with Crippen molar-refractivity contribution >= 4 is 11.9 Å². The first-order valence-electron chi connectivity index (χ1n) is 7.34. The topological polar surface area (TPSA) is 78.8 Å². The van der Waals surface area contributed by atoms with Crippen LogP contribution in [0.5, 0.6) is 0 Å². The van der Waals surface area contributed by atoms with E-state index in [1.807, 2.05) is 4.90 Å². The summed E-state index contributed by atoms with van der Waals surface area (Å²) in [5.41, 5.74) is 0. The largest absolute Gasteiger partial charge is 0.393 e. The Morgan fingerprint density at radius 1 is 1.24 bits per heavy atom. The molecule has 2 aliphatic heterocycles. The Balaban J connectivity index is 1.62. The third-order valence-electron chi connectivity index (χ3n) is 3.95. The van der Waals surface area contributed by atoms with Gasteiger partial charge in [-0.15, -0.1) is 0 Å². The van der Waals surface area contributed by atoms with Crippen molar-refractivity contribution in [2.75, 3.05) is 37.7 Å². The highest BCUT2D eigenvalue weighted by Crippen LogP contribution is 2.16. The van der Waals surface area contributed by atoms with Crippen LogP contribution in [0.25, 0.3) is 0 Å². The molecule has 0 spiro atoms. The maximum Gasteiger partial charge on any atom is 0.253 e. The van der Waals surface area contributed by atoms with Crippen LogP contribution in [-0.2, 0) is 9.53 Å². The van der Waals surface area contributed by atoms with E-state index in [4.69, 9.17) is 4.74 Å². The van der Waals surface area contributed by atoms with Gasteiger partial charge < -0.3 is 19.6 Å². The molecule has 7 heteroatoms. The zero-order valence-corrected chi connectivity index (χ0v) is 11.9. The standard InChI is InChI=1S/C14H20N4O3/c19-11-2-6-17(7-3-11)13(20)12-10-18(8-9-21-12)14-15-4-1-5-16-14/h1,4-5,11-12,19H,2-3,6-10H2. The van der Waals surface area contributed by atoms with E-state index in [-0.39, 0.29) is 12.0 Å². The molecule has 21 heavy (non-hydrogen) atoms. The molecule has 114 valence electrons. The predicted molar refractivity (Wildman–Crippen MR) is 75.8 cm³/mol. The van der Waals surface area contributed by atoms with E-state index in [0.717, 1.165) is 0 Å². The number of carbonyl (C=O) groups excluding carboxylic acids is 1. The highest BCUT2D eigenvalue weighted by atomic mass is 16.5. The maximum atomic E-state index is 12.5. The molecule has 1 N–H and O–H groups in total. The number of hydrogen-bond acceptors (Lipinski definition) is 6. The first-order chi connectivity index (χ1) is 10.2. The first-order valence-corrected chi connectivity index (χ1v) is 7.34. The van der Waals surface area contributed by atoms with E-state index >= 15 is 0 Å². The molecule has 0 radical (unpaired) electrons. The summed E-state index contributed by atoms with van der Waals surface area (Å²) in [4.78, 5) is 24.7. The number of anilines is 1. The number of carbonyl (C=O) groups is 1. The summed E-state index contributed by atoms with van der Waals surface area (Å²) in [6, 6.07) is 1.77. The number of piperidine rings is 1. The number of ether oxygens (including phenoxy) is 1. The predicted octanol–water partition coefficient (Wildman–Crippen LogP) is -0.335. The number of aliphatic hydroxyl groups excluding tert-OH is 1. The van der Waals surface area contributed by atoms with E-state index < -0.39 is 6.10 Å². The number of rotatable bonds is 2. The molecular weight excluding hydrogens is 272 g/mol. The van der Waals surface area contributed by atoms with Crippen LogP contribution in [0, 0.1) is 0 Å². The van der Waals surface area contributed by atoms with Crippen molar-refractivity contribution in [3.8, 4) is 0 Å². The Morgan fingerprint density at radius 3 is 2.67 bits per heavy atom. The van der Waals surface area contributed by atoms with Gasteiger partial charge in [0, 0.05) is 32.0 Å². The van der Waals surface area contributed by atoms with Crippen LogP contribution >= 0.6 is 0 Å². The van der Waals surface area contributed by atoms with Crippen molar-refractivity contribution in [1.82, 2.24) is 14.9 Å². The normalized spacial score (nSPS) is 24.1. The van der Waals surface area contributed by atoms with E-state index in [1.165, 1.54) is 0 Å². The quantitative estimate of drug-likeness (QED) is 0.804. The Bertz CT molecular complexity index is 476. The van der Waals surface area contributed by atoms with Crippen molar-refractivity contribution in [3.05, 3.63) is 18.5 Å². The van der Waals surface area contributed by atoms with Crippen LogP contribution in [0.1, 0.15) is 12.8 Å². The highest BCUT2D eigenvalue weighted by Gasteiger charge is 2.32. The van der Waals surface area contributed by atoms with Gasteiger partial charge in [0.15, 0.2) is 6.10 Å². The fraction of sp³-hybridized carbons (Fsp3) is 0.643. The van der Waals surface area contributed by atoms with Gasteiger partial charge in [-0.05, 0) is 18.9 Å². The molecular formula is C14H20N4O3. The van der Waals surface area contributed by atoms with Gasteiger partial charge in [0.2, 0.25) is 5.95 Å². The van der Waals surface area contributed by atoms with Crippen molar-refractivity contribution in [1.29, 1.82) is 0 Å². The number of hydrogen-bond donors (Lipinski definition) is 1. The Morgan fingerprint density at radius 2 is 1.95 bits per heavy atom. The fourth-order valence-corrected chi connectivity index (χ4v) is 2.72. The van der Waals surface area contributed by atoms with Crippen LogP contribution in [0.3, 0.4) is 0 Å². The smallest absolute Gasteiger partial charge is 0.253 e. The molecule has 2 fully saturated rings. The minimum absolute atomic E-state index is 0.00234. The molecule has 3 rings (SSSR count). The number of likely N-dealkylation sites (tertiary alicyclic amines) is 1. The molecule has 7 nitrogen and oxygen atoms in total. The van der Waals surface area contributed by atoms with Crippen LogP contribution in [0.15, 0.2) is 18.5 Å². The minimum atomic E-state index is -0.474. The summed E-state index contributed by atoms with van der Waals surface area (Å²) >= 11 is 0. The summed E-state index contributed by atoms with van der Waals surface area (Å²) in [7, 11) is 0. The van der Waals surface area contributed by atoms with Gasteiger partial charge in [-0.2, -0.15) is 0 Å². The van der Waals surface area contributed by atoms with Crippen LogP contribution < -0.4 is 4.90 Å². The van der Waals surface area contributed by atoms with Crippen molar-refractivity contribution in [2.45, 2.75) is 25.0 Å². The minimum Gasteiger partial charge on any atom is -0.393 e. The second-order valence-electron chi connectivity index (χ2n) is 5.41. The van der Waals surface area contributed by atoms with Crippen LogP contribution in [-0.4, -0.2) is 70.9 Å². The second kappa shape index (κ2) is 6.36. The van der Waals surface area contributed by atoms with Gasteiger partial charge in [-0.25, -0.2) is 9.97 Å². The molecule has 2 aliphatic rings. The molecule has 0 saturated carbocycles. The van der Waals surface area contributed by atoms with Crippen molar-refractivity contribution in [2.24, 2.45) is 0 Å². The van der Waals surface area contributed by atoms with Gasteiger partial charge in [-0.1, -0.05) is 0 Å². The summed E-state index contributed by atoms with van der Waals surface area (Å²) in [6.45, 7) is 2.85. The Hall–Kier alpha value is -1.73. The molecule has 0 bridgehead atoms. The molecule has 0 aromatic carbocycles. The lowest BCUT2D eigenvalue weighted by Gasteiger charge is -2.36. The lowest BCUT2D eigenvalue weighted by Crippen LogP contribution is -2.53. The third kappa shape index (κ3) is 3.30. The summed E-state index contributed by atoms with van der Waals surface area (Å²) in [5, 5.41) is 9.52. The zero-order valence-electron chi connectivity index (χ0n) is 11.9. The van der Waals surface area contributed by atoms with Gasteiger partial charge in [0.1, 0.15) is 0 Å². The van der Waals surface area contributed by atoms with E-state index in [2.05, 4.69) is 9.97 Å². The lowest BCUT2D eigenvalue weighted by atomic mass is 10.1. The van der Waals surface area contributed by atoms with Gasteiger partial charge >= 0.3 is 0 Å². The Labute approximate surface area is 123 Å². The van der Waals surface area contributed by atoms with Crippen LogP contribution in [0.4, 0.5) is 5.95 Å². The van der Waals surface area contributed by atoms with E-state index in [1.54, 1.807) is 23.4 Å². The van der Waals surface area contributed by atoms with Crippen molar-refractivity contribution < 1.29 is 14.6 Å². The molecule has 3 heterocycles. The molecule has 1 amide bonds. The SMILES string of the molecule is O=C(C1CN(c2ncccn2)CCO1)N1CCC(O)CC1. The van der Waals surface area contributed by atoms with Crippen LogP contribution in [0.2, 0.25) is 0 Å². The fourth-order valence-electron chi connectivity index (χ4n) is 2.72. The number of aromatic nitrogens is 2. The average Bonchev–Trinajstić information content (AvgIpc) is 2.56. The van der Waals surface area contributed by atoms with E-state index in [9.17, 15) is 9.90 Å². The second-order valence-corrected chi connectivity index (χ2v) is 5.41. The number of morpholine rings is 1. The monoisotopic (exact) mass is 292 g/mol. The van der Waals surface area contributed by atoms with Gasteiger partial charge in [-0.3, -0.25) is 4.79 Å². The lowest BCUT2D eigenvalue weighted by molar-refractivity contribution is -0.146. The molecule has 1 aromatic rings. The third-order valence-corrected chi connectivity index (χ3v) is 3.95. The number of amides is 1. The first kappa shape index (κ1) is 14.2. The number of aliphatic hydroxyl groups is 1. The highest BCUT2D eigenvalue weighted by molar-refractivity contribution is 5.82. The molecule has 0 aliphatic carbocycles. The molecule has 2 saturated heterocycles. The maximum absolute atomic E-state index is 12.5.